The molecule has 0 aromatic heterocycles. The van der Waals surface area contributed by atoms with E-state index in [0.29, 0.717) is 11.0 Å². The van der Waals surface area contributed by atoms with Gasteiger partial charge in [-0.1, -0.05) is 58.9 Å². The molecule has 0 fully saturated rings. The number of unbranched alkanes of at least 4 members (excludes halogenated alkanes) is 1. The lowest BCUT2D eigenvalue weighted by Crippen LogP contribution is -2.30. The van der Waals surface area contributed by atoms with E-state index in [9.17, 15) is 0 Å². The van der Waals surface area contributed by atoms with Gasteiger partial charge in [0, 0.05) is 24.8 Å². The molecule has 2 nitrogen and oxygen atoms in total. The van der Waals surface area contributed by atoms with E-state index in [4.69, 9.17) is 12.2 Å². The Hall–Kier alpha value is -1.35. The van der Waals surface area contributed by atoms with Crippen LogP contribution in [0.1, 0.15) is 40.0 Å². The Morgan fingerprint density at radius 1 is 1.16 bits per heavy atom. The summed E-state index contributed by atoms with van der Waals surface area (Å²) in [6, 6.07) is 0. The first-order valence-electron chi connectivity index (χ1n) is 6.81. The Morgan fingerprint density at radius 2 is 1.74 bits per heavy atom. The molecule has 0 spiro atoms. The standard InChI is InChI=1S/C16H26N2S/c1-6-10-11-13-17(8-3)16(19)18(9-4)14-12-15(5)7-2/h8-9,11-15H,3-4,6-7,10H2,1-2,5H3/b13-11-,14-12-. The summed E-state index contributed by atoms with van der Waals surface area (Å²) in [5.74, 6) is 0.526. The van der Waals surface area contributed by atoms with Crippen LogP contribution in [0.3, 0.4) is 0 Å². The normalized spacial score (nSPS) is 12.6. The van der Waals surface area contributed by atoms with Crippen LogP contribution in [-0.2, 0) is 0 Å². The minimum atomic E-state index is 0.526. The fraction of sp³-hybridized carbons (Fsp3) is 0.438. The van der Waals surface area contributed by atoms with Gasteiger partial charge in [0.25, 0.3) is 0 Å². The van der Waals surface area contributed by atoms with E-state index >= 15 is 0 Å². The van der Waals surface area contributed by atoms with Crippen LogP contribution >= 0.6 is 12.2 Å². The molecule has 0 rings (SSSR count). The van der Waals surface area contributed by atoms with Crippen molar-refractivity contribution in [3.05, 3.63) is 50.1 Å². The lowest BCUT2D eigenvalue weighted by Gasteiger charge is -2.24. The average molecular weight is 278 g/mol. The predicted octanol–water partition coefficient (Wildman–Crippen LogP) is 5.04. The molecule has 0 aliphatic heterocycles. The third-order valence-electron chi connectivity index (χ3n) is 2.78. The molecule has 1 atom stereocenters. The Balaban J connectivity index is 4.75. The van der Waals surface area contributed by atoms with Crippen molar-refractivity contribution in [3.63, 3.8) is 0 Å². The van der Waals surface area contributed by atoms with Gasteiger partial charge in [-0.15, -0.1) is 0 Å². The summed E-state index contributed by atoms with van der Waals surface area (Å²) in [7, 11) is 0. The lowest BCUT2D eigenvalue weighted by atomic mass is 10.1. The van der Waals surface area contributed by atoms with Crippen LogP contribution < -0.4 is 0 Å². The molecule has 0 saturated heterocycles. The van der Waals surface area contributed by atoms with Crippen molar-refractivity contribution in [2.75, 3.05) is 0 Å². The second-order valence-electron chi connectivity index (χ2n) is 4.36. The molecule has 19 heavy (non-hydrogen) atoms. The molecule has 0 aromatic carbocycles. The number of thiocarbonyl (C=S) groups is 1. The quantitative estimate of drug-likeness (QED) is 0.575. The number of hydrogen-bond donors (Lipinski definition) is 0. The van der Waals surface area contributed by atoms with Crippen molar-refractivity contribution >= 4 is 17.3 Å². The van der Waals surface area contributed by atoms with Gasteiger partial charge < -0.3 is 9.80 Å². The third kappa shape index (κ3) is 6.97. The molecule has 0 heterocycles. The van der Waals surface area contributed by atoms with Crippen molar-refractivity contribution < 1.29 is 0 Å². The summed E-state index contributed by atoms with van der Waals surface area (Å²) in [5.41, 5.74) is 0. The van der Waals surface area contributed by atoms with E-state index in [2.05, 4.69) is 46.1 Å². The van der Waals surface area contributed by atoms with Crippen LogP contribution in [0.2, 0.25) is 0 Å². The minimum Gasteiger partial charge on any atom is -0.302 e. The minimum absolute atomic E-state index is 0.526. The first kappa shape index (κ1) is 17.6. The molecule has 0 aromatic rings. The summed E-state index contributed by atoms with van der Waals surface area (Å²) >= 11 is 5.44. The zero-order valence-corrected chi connectivity index (χ0v) is 13.2. The molecule has 0 saturated carbocycles. The summed E-state index contributed by atoms with van der Waals surface area (Å²) in [6.07, 6.45) is 14.8. The largest absolute Gasteiger partial charge is 0.302 e. The van der Waals surface area contributed by atoms with Gasteiger partial charge in [-0.3, -0.25) is 0 Å². The number of rotatable bonds is 8. The summed E-state index contributed by atoms with van der Waals surface area (Å²) in [4.78, 5) is 3.66. The highest BCUT2D eigenvalue weighted by Gasteiger charge is 2.07. The Bertz CT molecular complexity index is 345. The monoisotopic (exact) mass is 278 g/mol. The van der Waals surface area contributed by atoms with Gasteiger partial charge in [0.1, 0.15) is 0 Å². The zero-order chi connectivity index (χ0) is 14.7. The molecule has 0 N–H and O–H groups in total. The number of allylic oxidation sites excluding steroid dienone is 2. The van der Waals surface area contributed by atoms with E-state index in [-0.39, 0.29) is 0 Å². The maximum Gasteiger partial charge on any atom is 0.187 e. The molecule has 0 bridgehead atoms. The molecular weight excluding hydrogens is 252 g/mol. The van der Waals surface area contributed by atoms with Gasteiger partial charge in [-0.2, -0.15) is 0 Å². The molecule has 0 aliphatic rings. The Labute approximate surface area is 123 Å². The van der Waals surface area contributed by atoms with Gasteiger partial charge in [0.05, 0.1) is 0 Å². The van der Waals surface area contributed by atoms with E-state index in [1.54, 1.807) is 12.4 Å². The average Bonchev–Trinajstić information content (AvgIpc) is 2.43. The first-order chi connectivity index (χ1) is 9.10. The van der Waals surface area contributed by atoms with E-state index in [1.165, 1.54) is 0 Å². The van der Waals surface area contributed by atoms with Gasteiger partial charge in [0.2, 0.25) is 0 Å². The van der Waals surface area contributed by atoms with Gasteiger partial charge in [-0.25, -0.2) is 0 Å². The Kier molecular flexibility index (Phi) is 9.81. The lowest BCUT2D eigenvalue weighted by molar-refractivity contribution is 0.616. The maximum atomic E-state index is 5.44. The van der Waals surface area contributed by atoms with Crippen LogP contribution in [0.5, 0.6) is 0 Å². The maximum absolute atomic E-state index is 5.44. The first-order valence-corrected chi connectivity index (χ1v) is 7.22. The molecule has 0 radical (unpaired) electrons. The van der Waals surface area contributed by atoms with E-state index in [0.717, 1.165) is 19.3 Å². The second kappa shape index (κ2) is 10.6. The topological polar surface area (TPSA) is 6.48 Å². The highest BCUT2D eigenvalue weighted by atomic mass is 32.1. The van der Waals surface area contributed by atoms with Crippen LogP contribution in [0.15, 0.2) is 50.1 Å². The number of hydrogen-bond acceptors (Lipinski definition) is 1. The van der Waals surface area contributed by atoms with Crippen molar-refractivity contribution in [1.82, 2.24) is 9.80 Å². The molecule has 0 amide bonds. The summed E-state index contributed by atoms with van der Waals surface area (Å²) < 4.78 is 0. The van der Waals surface area contributed by atoms with Crippen LogP contribution in [0.25, 0.3) is 0 Å². The zero-order valence-electron chi connectivity index (χ0n) is 12.4. The van der Waals surface area contributed by atoms with Crippen LogP contribution in [0, 0.1) is 5.92 Å². The molecule has 0 aliphatic carbocycles. The molecule has 106 valence electrons. The van der Waals surface area contributed by atoms with Crippen molar-refractivity contribution in [3.8, 4) is 0 Å². The molecule has 3 heteroatoms. The molecule has 1 unspecified atom stereocenters. The number of nitrogens with zero attached hydrogens (tertiary/aromatic N) is 2. The predicted molar refractivity (Wildman–Crippen MR) is 89.3 cm³/mol. The highest BCUT2D eigenvalue weighted by Crippen LogP contribution is 2.08. The summed E-state index contributed by atoms with van der Waals surface area (Å²) in [6.45, 7) is 14.1. The van der Waals surface area contributed by atoms with E-state index < -0.39 is 0 Å². The van der Waals surface area contributed by atoms with Gasteiger partial charge in [0.15, 0.2) is 5.11 Å². The van der Waals surface area contributed by atoms with E-state index in [1.807, 2.05) is 22.2 Å². The van der Waals surface area contributed by atoms with Crippen LogP contribution in [0.4, 0.5) is 0 Å². The van der Waals surface area contributed by atoms with Gasteiger partial charge in [-0.05, 0) is 24.6 Å². The fourth-order valence-corrected chi connectivity index (χ4v) is 1.54. The van der Waals surface area contributed by atoms with Crippen molar-refractivity contribution in [2.45, 2.75) is 40.0 Å². The van der Waals surface area contributed by atoms with Crippen molar-refractivity contribution in [2.24, 2.45) is 5.92 Å². The smallest absolute Gasteiger partial charge is 0.187 e. The third-order valence-corrected chi connectivity index (χ3v) is 3.20. The van der Waals surface area contributed by atoms with Crippen LogP contribution in [-0.4, -0.2) is 14.9 Å². The second-order valence-corrected chi connectivity index (χ2v) is 4.73. The summed E-state index contributed by atoms with van der Waals surface area (Å²) in [5, 5.41) is 0.650. The fourth-order valence-electron chi connectivity index (χ4n) is 1.27. The SMILES string of the molecule is C=CN(/C=C\CCC)C(=S)N(C=C)/C=C\C(C)CC. The van der Waals surface area contributed by atoms with Crippen molar-refractivity contribution in [1.29, 1.82) is 0 Å². The van der Waals surface area contributed by atoms with Gasteiger partial charge >= 0.3 is 0 Å². The highest BCUT2D eigenvalue weighted by molar-refractivity contribution is 7.80. The molecular formula is C16H26N2S. The Morgan fingerprint density at radius 3 is 2.21 bits per heavy atom.